The second kappa shape index (κ2) is 6.27. The lowest BCUT2D eigenvalue weighted by Gasteiger charge is -2.11. The molecule has 2 aliphatic rings. The zero-order valence-corrected chi connectivity index (χ0v) is 13.9. The average molecular weight is 322 g/mol. The molecule has 124 valence electrons. The molecule has 1 aliphatic carbocycles. The number of benzene rings is 1. The van der Waals surface area contributed by atoms with Crippen LogP contribution in [0.15, 0.2) is 46.3 Å². The Hall–Kier alpha value is -2.36. The summed E-state index contributed by atoms with van der Waals surface area (Å²) in [5, 5.41) is 0. The van der Waals surface area contributed by atoms with Gasteiger partial charge in [-0.3, -0.25) is 9.79 Å². The van der Waals surface area contributed by atoms with Crippen LogP contribution in [-0.4, -0.2) is 17.3 Å². The van der Waals surface area contributed by atoms with Crippen LogP contribution in [-0.2, 0) is 6.42 Å². The van der Waals surface area contributed by atoms with E-state index in [4.69, 9.17) is 9.73 Å². The van der Waals surface area contributed by atoms with E-state index < -0.39 is 0 Å². The van der Waals surface area contributed by atoms with E-state index in [0.29, 0.717) is 5.92 Å². The summed E-state index contributed by atoms with van der Waals surface area (Å²) < 4.78 is 5.58. The Morgan fingerprint density at radius 2 is 2.17 bits per heavy atom. The van der Waals surface area contributed by atoms with Crippen molar-refractivity contribution in [2.75, 3.05) is 6.61 Å². The third-order valence-electron chi connectivity index (χ3n) is 5.12. The maximum Gasteiger partial charge on any atom is 0.247 e. The molecule has 2 atom stereocenters. The first-order chi connectivity index (χ1) is 11.7. The SMILES string of the molecule is C[C@@H](N=C1CC[C@H](c2ccc(=O)[nH]c2)C1)c1ccc2c(c1)CCO2. The summed E-state index contributed by atoms with van der Waals surface area (Å²) >= 11 is 0. The van der Waals surface area contributed by atoms with E-state index in [1.54, 1.807) is 6.07 Å². The first kappa shape index (κ1) is 15.2. The molecular formula is C20H22N2O2. The Kier molecular flexibility index (Phi) is 3.97. The molecule has 0 amide bonds. The number of pyridine rings is 1. The zero-order chi connectivity index (χ0) is 16.5. The number of rotatable bonds is 3. The van der Waals surface area contributed by atoms with Crippen molar-refractivity contribution in [2.45, 2.75) is 44.6 Å². The van der Waals surface area contributed by atoms with Gasteiger partial charge in [0.25, 0.3) is 0 Å². The largest absolute Gasteiger partial charge is 0.493 e. The molecule has 0 unspecified atom stereocenters. The highest BCUT2D eigenvalue weighted by Gasteiger charge is 2.23. The summed E-state index contributed by atoms with van der Waals surface area (Å²) in [7, 11) is 0. The maximum atomic E-state index is 11.2. The van der Waals surface area contributed by atoms with Crippen LogP contribution in [0.5, 0.6) is 5.75 Å². The Morgan fingerprint density at radius 1 is 1.25 bits per heavy atom. The molecule has 24 heavy (non-hydrogen) atoms. The minimum absolute atomic E-state index is 0.0418. The molecule has 0 saturated heterocycles. The van der Waals surface area contributed by atoms with Crippen molar-refractivity contribution in [3.8, 4) is 5.75 Å². The number of nitrogens with one attached hydrogen (secondary N) is 1. The van der Waals surface area contributed by atoms with Gasteiger partial charge in [-0.25, -0.2) is 0 Å². The number of aliphatic imine (C=N–C) groups is 1. The molecule has 4 heteroatoms. The predicted molar refractivity (Wildman–Crippen MR) is 95.1 cm³/mol. The van der Waals surface area contributed by atoms with Gasteiger partial charge in [-0.15, -0.1) is 0 Å². The molecule has 4 rings (SSSR count). The van der Waals surface area contributed by atoms with Crippen LogP contribution >= 0.6 is 0 Å². The van der Waals surface area contributed by atoms with Gasteiger partial charge >= 0.3 is 0 Å². The monoisotopic (exact) mass is 322 g/mol. The van der Waals surface area contributed by atoms with Crippen LogP contribution in [0.4, 0.5) is 0 Å². The fraction of sp³-hybridized carbons (Fsp3) is 0.400. The van der Waals surface area contributed by atoms with Gasteiger partial charge in [0.15, 0.2) is 0 Å². The highest BCUT2D eigenvalue weighted by molar-refractivity contribution is 5.87. The molecule has 1 aliphatic heterocycles. The van der Waals surface area contributed by atoms with Gasteiger partial charge in [0.05, 0.1) is 12.6 Å². The van der Waals surface area contributed by atoms with Gasteiger partial charge in [0.2, 0.25) is 5.56 Å². The Labute approximate surface area is 141 Å². The molecule has 0 bridgehead atoms. The summed E-state index contributed by atoms with van der Waals surface area (Å²) in [5.74, 6) is 1.50. The van der Waals surface area contributed by atoms with Gasteiger partial charge < -0.3 is 9.72 Å². The Balaban J connectivity index is 1.48. The highest BCUT2D eigenvalue weighted by atomic mass is 16.5. The van der Waals surface area contributed by atoms with Gasteiger partial charge in [-0.05, 0) is 60.9 Å². The van der Waals surface area contributed by atoms with Crippen LogP contribution in [0.2, 0.25) is 0 Å². The predicted octanol–water partition coefficient (Wildman–Crippen LogP) is 3.78. The molecular weight excluding hydrogens is 300 g/mol. The molecule has 2 heterocycles. The van der Waals surface area contributed by atoms with Gasteiger partial charge in [0.1, 0.15) is 5.75 Å². The van der Waals surface area contributed by atoms with Crippen molar-refractivity contribution in [1.82, 2.24) is 4.98 Å². The highest BCUT2D eigenvalue weighted by Crippen LogP contribution is 2.34. The molecule has 1 fully saturated rings. The normalized spacial score (nSPS) is 22.4. The summed E-state index contributed by atoms with van der Waals surface area (Å²) in [4.78, 5) is 18.9. The number of fused-ring (bicyclic) bond motifs is 1. The maximum absolute atomic E-state index is 11.2. The topological polar surface area (TPSA) is 54.5 Å². The third-order valence-corrected chi connectivity index (χ3v) is 5.12. The van der Waals surface area contributed by atoms with Gasteiger partial charge in [-0.1, -0.05) is 12.1 Å². The lowest BCUT2D eigenvalue weighted by Crippen LogP contribution is -2.05. The van der Waals surface area contributed by atoms with Crippen LogP contribution in [0.3, 0.4) is 0 Å². The van der Waals surface area contributed by atoms with E-state index in [1.807, 2.05) is 12.3 Å². The van der Waals surface area contributed by atoms with Crippen molar-refractivity contribution in [2.24, 2.45) is 4.99 Å². The van der Waals surface area contributed by atoms with Crippen LogP contribution in [0, 0.1) is 0 Å². The second-order valence-electron chi connectivity index (χ2n) is 6.76. The summed E-state index contributed by atoms with van der Waals surface area (Å²) in [5.41, 5.74) is 5.02. The van der Waals surface area contributed by atoms with E-state index in [-0.39, 0.29) is 11.6 Å². The molecule has 1 aromatic heterocycles. The summed E-state index contributed by atoms with van der Waals surface area (Å²) in [6, 6.07) is 10.2. The van der Waals surface area contributed by atoms with E-state index in [1.165, 1.54) is 22.4 Å². The Bertz CT molecular complexity index is 817. The van der Waals surface area contributed by atoms with Crippen LogP contribution in [0.1, 0.15) is 54.8 Å². The molecule has 4 nitrogen and oxygen atoms in total. The first-order valence-corrected chi connectivity index (χ1v) is 8.69. The van der Waals surface area contributed by atoms with E-state index >= 15 is 0 Å². The fourth-order valence-corrected chi connectivity index (χ4v) is 3.72. The third kappa shape index (κ3) is 3.01. The molecule has 0 radical (unpaired) electrons. The molecule has 1 saturated carbocycles. The van der Waals surface area contributed by atoms with Gasteiger partial charge in [-0.2, -0.15) is 0 Å². The number of aromatic nitrogens is 1. The summed E-state index contributed by atoms with van der Waals surface area (Å²) in [6.45, 7) is 2.96. The molecule has 2 aromatic rings. The first-order valence-electron chi connectivity index (χ1n) is 8.69. The fourth-order valence-electron chi connectivity index (χ4n) is 3.72. The summed E-state index contributed by atoms with van der Waals surface area (Å²) in [6.07, 6.45) is 5.99. The molecule has 0 spiro atoms. The van der Waals surface area contributed by atoms with Crippen molar-refractivity contribution >= 4 is 5.71 Å². The van der Waals surface area contributed by atoms with Gasteiger partial charge in [0, 0.05) is 24.4 Å². The second-order valence-corrected chi connectivity index (χ2v) is 6.76. The van der Waals surface area contributed by atoms with Crippen LogP contribution < -0.4 is 10.3 Å². The smallest absolute Gasteiger partial charge is 0.247 e. The van der Waals surface area contributed by atoms with Crippen molar-refractivity contribution < 1.29 is 4.74 Å². The lowest BCUT2D eigenvalue weighted by atomic mass is 9.99. The van der Waals surface area contributed by atoms with E-state index in [2.05, 4.69) is 30.1 Å². The number of nitrogens with zero attached hydrogens (tertiary/aromatic N) is 1. The number of aromatic amines is 1. The number of H-pyrrole nitrogens is 1. The number of ether oxygens (including phenoxy) is 1. The Morgan fingerprint density at radius 3 is 3.00 bits per heavy atom. The lowest BCUT2D eigenvalue weighted by molar-refractivity contribution is 0.357. The van der Waals surface area contributed by atoms with E-state index in [0.717, 1.165) is 38.0 Å². The minimum Gasteiger partial charge on any atom is -0.493 e. The minimum atomic E-state index is -0.0418. The number of hydrogen-bond acceptors (Lipinski definition) is 3. The van der Waals surface area contributed by atoms with Crippen molar-refractivity contribution in [3.05, 3.63) is 63.6 Å². The molecule has 1 N–H and O–H groups in total. The quantitative estimate of drug-likeness (QED) is 0.935. The number of hydrogen-bond donors (Lipinski definition) is 1. The molecule has 1 aromatic carbocycles. The standard InChI is InChI=1S/C20H22N2O2/c1-13(14-3-6-19-16(10-14)8-9-24-19)22-18-5-2-15(11-18)17-4-7-20(23)21-12-17/h3-4,6-7,10,12-13,15H,2,5,8-9,11H2,1H3,(H,21,23)/t13-,15+/m1/s1. The zero-order valence-electron chi connectivity index (χ0n) is 13.9. The van der Waals surface area contributed by atoms with Crippen LogP contribution in [0.25, 0.3) is 0 Å². The van der Waals surface area contributed by atoms with Crippen molar-refractivity contribution in [1.29, 1.82) is 0 Å². The van der Waals surface area contributed by atoms with Crippen molar-refractivity contribution in [3.63, 3.8) is 0 Å². The average Bonchev–Trinajstić information content (AvgIpc) is 3.24. The van der Waals surface area contributed by atoms with E-state index in [9.17, 15) is 4.79 Å².